The molecule has 4 nitrogen and oxygen atoms in total. The van der Waals surface area contributed by atoms with Crippen molar-refractivity contribution in [3.8, 4) is 5.75 Å². The number of aromatic carboxylic acids is 1. The van der Waals surface area contributed by atoms with Crippen LogP contribution in [0.2, 0.25) is 10.0 Å². The van der Waals surface area contributed by atoms with Crippen LogP contribution >= 0.6 is 23.2 Å². The van der Waals surface area contributed by atoms with Gasteiger partial charge in [-0.15, -0.1) is 0 Å². The third kappa shape index (κ3) is 5.93. The van der Waals surface area contributed by atoms with Gasteiger partial charge in [0.25, 0.3) is 0 Å². The fourth-order valence-electron chi connectivity index (χ4n) is 2.51. The average molecular weight is 428 g/mol. The van der Waals surface area contributed by atoms with Gasteiger partial charge in [-0.05, 0) is 42.5 Å². The molecule has 0 bridgehead atoms. The van der Waals surface area contributed by atoms with Gasteiger partial charge in [-0.1, -0.05) is 35.3 Å². The van der Waals surface area contributed by atoms with Crippen molar-refractivity contribution in [1.82, 2.24) is 4.98 Å². The molecule has 1 heterocycles. The molecule has 8 heteroatoms. The molecule has 3 aromatic rings. The van der Waals surface area contributed by atoms with Crippen molar-refractivity contribution in [3.63, 3.8) is 0 Å². The van der Waals surface area contributed by atoms with E-state index in [0.717, 1.165) is 0 Å². The van der Waals surface area contributed by atoms with Crippen molar-refractivity contribution in [2.24, 2.45) is 0 Å². The summed E-state index contributed by atoms with van der Waals surface area (Å²) in [5, 5.41) is 11.8. The third-order valence-corrected chi connectivity index (χ3v) is 4.28. The Labute approximate surface area is 193 Å². The van der Waals surface area contributed by atoms with Crippen LogP contribution in [0, 0.1) is 5.82 Å². The molecule has 0 aliphatic carbocycles. The maximum atomic E-state index is 13.9. The first-order valence-corrected chi connectivity index (χ1v) is 8.70. The Morgan fingerprint density at radius 1 is 1.04 bits per heavy atom. The van der Waals surface area contributed by atoms with Crippen LogP contribution in [0.15, 0.2) is 54.6 Å². The summed E-state index contributed by atoms with van der Waals surface area (Å²) in [5.74, 6) is -1.31. The fourth-order valence-corrected chi connectivity index (χ4v) is 2.86. The van der Waals surface area contributed by atoms with Gasteiger partial charge in [0.1, 0.15) is 18.2 Å². The van der Waals surface area contributed by atoms with E-state index < -0.39 is 11.8 Å². The van der Waals surface area contributed by atoms with E-state index in [1.54, 1.807) is 42.5 Å². The molecule has 0 amide bonds. The molecule has 138 valence electrons. The molecule has 0 unspecified atom stereocenters. The molecule has 0 saturated carbocycles. The van der Waals surface area contributed by atoms with Crippen LogP contribution in [0.25, 0.3) is 0 Å². The standard InChI is InChI=1S/C20H14Cl2FNO3.Na/c21-14-6-7-19(27-11-12-4-5-15(22)10-17(12)23)13(8-14)9-16-2-1-3-18(24-16)20(25)26;/h1-8,10H,9,11H2,(H,25,26);/q;+1/p-1. The van der Waals surface area contributed by atoms with E-state index >= 15 is 0 Å². The molecule has 0 spiro atoms. The second kappa shape index (κ2) is 10.2. The normalized spacial score (nSPS) is 10.2. The van der Waals surface area contributed by atoms with Gasteiger partial charge in [0.05, 0.1) is 11.7 Å². The second-order valence-corrected chi connectivity index (χ2v) is 6.63. The number of pyridine rings is 1. The number of rotatable bonds is 6. The molecule has 0 fully saturated rings. The number of carbonyl (C=O) groups is 1. The minimum atomic E-state index is -1.35. The van der Waals surface area contributed by atoms with Gasteiger partial charge in [-0.2, -0.15) is 0 Å². The van der Waals surface area contributed by atoms with Crippen molar-refractivity contribution >= 4 is 29.2 Å². The molecule has 3 rings (SSSR count). The van der Waals surface area contributed by atoms with E-state index in [2.05, 4.69) is 4.98 Å². The monoisotopic (exact) mass is 427 g/mol. The Morgan fingerprint density at radius 3 is 2.46 bits per heavy atom. The summed E-state index contributed by atoms with van der Waals surface area (Å²) in [7, 11) is 0. The maximum absolute atomic E-state index is 13.9. The Kier molecular flexibility index (Phi) is 8.28. The van der Waals surface area contributed by atoms with Gasteiger partial charge in [0.2, 0.25) is 0 Å². The summed E-state index contributed by atoms with van der Waals surface area (Å²) in [6, 6.07) is 14.0. The van der Waals surface area contributed by atoms with Gasteiger partial charge in [0.15, 0.2) is 0 Å². The predicted molar refractivity (Wildman–Crippen MR) is 98.6 cm³/mol. The zero-order valence-electron chi connectivity index (χ0n) is 14.9. The van der Waals surface area contributed by atoms with Crippen LogP contribution in [0.3, 0.4) is 0 Å². The molecule has 1 aromatic heterocycles. The zero-order chi connectivity index (χ0) is 19.4. The van der Waals surface area contributed by atoms with Gasteiger partial charge in [0, 0.05) is 33.3 Å². The van der Waals surface area contributed by atoms with Gasteiger partial charge >= 0.3 is 29.6 Å². The Balaban J connectivity index is 0.00000280. The molecule has 0 atom stereocenters. The van der Waals surface area contributed by atoms with Crippen molar-refractivity contribution < 1.29 is 48.6 Å². The van der Waals surface area contributed by atoms with Crippen molar-refractivity contribution in [2.75, 3.05) is 0 Å². The SMILES string of the molecule is O=C([O-])c1cccc(Cc2cc(Cl)ccc2OCc2ccc(Cl)cc2F)n1.[Na+]. The molecule has 0 aliphatic heterocycles. The van der Waals surface area contributed by atoms with Crippen LogP contribution in [0.5, 0.6) is 5.75 Å². The first kappa shape index (κ1) is 22.7. The first-order chi connectivity index (χ1) is 12.9. The summed E-state index contributed by atoms with van der Waals surface area (Å²) >= 11 is 11.8. The molecule has 0 N–H and O–H groups in total. The zero-order valence-corrected chi connectivity index (χ0v) is 18.4. The van der Waals surface area contributed by atoms with Gasteiger partial charge < -0.3 is 14.6 Å². The van der Waals surface area contributed by atoms with Gasteiger partial charge in [-0.25, -0.2) is 4.39 Å². The number of ether oxygens (including phenoxy) is 1. The number of carboxylic acids is 1. The molecular weight excluding hydrogens is 415 g/mol. The predicted octanol–water partition coefficient (Wildman–Crippen LogP) is 1.06. The molecular formula is C20H13Cl2FNNaO3. The summed E-state index contributed by atoms with van der Waals surface area (Å²) in [5.41, 5.74) is 1.42. The van der Waals surface area contributed by atoms with Crippen molar-refractivity contribution in [3.05, 3.63) is 93.0 Å². The fraction of sp³-hybridized carbons (Fsp3) is 0.100. The van der Waals surface area contributed by atoms with E-state index in [4.69, 9.17) is 27.9 Å². The Morgan fingerprint density at radius 2 is 1.75 bits per heavy atom. The number of hydrogen-bond acceptors (Lipinski definition) is 4. The second-order valence-electron chi connectivity index (χ2n) is 5.75. The summed E-state index contributed by atoms with van der Waals surface area (Å²) < 4.78 is 19.7. The Bertz CT molecular complexity index is 1000. The maximum Gasteiger partial charge on any atom is 1.00 e. The van der Waals surface area contributed by atoms with E-state index in [-0.39, 0.29) is 41.9 Å². The van der Waals surface area contributed by atoms with E-state index in [9.17, 15) is 14.3 Å². The largest absolute Gasteiger partial charge is 1.00 e. The number of nitrogens with zero attached hydrogens (tertiary/aromatic N) is 1. The van der Waals surface area contributed by atoms with Crippen molar-refractivity contribution in [2.45, 2.75) is 13.0 Å². The van der Waals surface area contributed by atoms with Crippen LogP contribution in [-0.2, 0) is 13.0 Å². The number of halogens is 3. The van der Waals surface area contributed by atoms with E-state index in [1.807, 2.05) is 0 Å². The number of hydrogen-bond donors (Lipinski definition) is 0. The van der Waals surface area contributed by atoms with Crippen LogP contribution in [0.1, 0.15) is 27.3 Å². The molecule has 0 radical (unpaired) electrons. The molecule has 28 heavy (non-hydrogen) atoms. The molecule has 0 aliphatic rings. The minimum absolute atomic E-state index is 0. The smallest absolute Gasteiger partial charge is 0.543 e. The number of carbonyl (C=O) groups excluding carboxylic acids is 1. The quantitative estimate of drug-likeness (QED) is 0.552. The molecule has 2 aromatic carbocycles. The average Bonchev–Trinajstić information content (AvgIpc) is 2.62. The third-order valence-electron chi connectivity index (χ3n) is 3.81. The topological polar surface area (TPSA) is 62.2 Å². The number of benzene rings is 2. The number of carboxylic acid groups (broad SMARTS) is 1. The van der Waals surface area contributed by atoms with Crippen molar-refractivity contribution in [1.29, 1.82) is 0 Å². The summed E-state index contributed by atoms with van der Waals surface area (Å²) in [4.78, 5) is 15.0. The summed E-state index contributed by atoms with van der Waals surface area (Å²) in [6.45, 7) is 0.00412. The van der Waals surface area contributed by atoms with Crippen LogP contribution in [0.4, 0.5) is 4.39 Å². The van der Waals surface area contributed by atoms with Crippen LogP contribution < -0.4 is 39.4 Å². The molecule has 0 saturated heterocycles. The summed E-state index contributed by atoms with van der Waals surface area (Å²) in [6.07, 6.45) is 0.292. The number of aromatic nitrogens is 1. The first-order valence-electron chi connectivity index (χ1n) is 7.95. The van der Waals surface area contributed by atoms with E-state index in [0.29, 0.717) is 39.0 Å². The minimum Gasteiger partial charge on any atom is -0.543 e. The van der Waals surface area contributed by atoms with Gasteiger partial charge in [-0.3, -0.25) is 4.98 Å². The van der Waals surface area contributed by atoms with Crippen LogP contribution in [-0.4, -0.2) is 11.0 Å². The Hall–Kier alpha value is -1.63. The van der Waals surface area contributed by atoms with E-state index in [1.165, 1.54) is 12.1 Å².